The fraction of sp³-hybridized carbons (Fsp3) is 0.474. The number of guanidine groups is 1. The highest BCUT2D eigenvalue weighted by Gasteiger charge is 2.15. The summed E-state index contributed by atoms with van der Waals surface area (Å²) in [5, 5.41) is 22.0. The molecule has 9 nitrogen and oxygen atoms in total. The third-order valence-corrected chi connectivity index (χ3v) is 4.29. The molecule has 1 aromatic carbocycles. The molecule has 28 heavy (non-hydrogen) atoms. The zero-order chi connectivity index (χ0) is 20.7. The van der Waals surface area contributed by atoms with Gasteiger partial charge in [0.25, 0.3) is 5.69 Å². The Morgan fingerprint density at radius 2 is 2.07 bits per heavy atom. The lowest BCUT2D eigenvalue weighted by Gasteiger charge is -2.22. The summed E-state index contributed by atoms with van der Waals surface area (Å²) in [6.07, 6.45) is 2.04. The summed E-state index contributed by atoms with van der Waals surface area (Å²) in [6, 6.07) is 6.62. The van der Waals surface area contributed by atoms with Gasteiger partial charge in [-0.1, -0.05) is 26.0 Å². The first-order valence-corrected chi connectivity index (χ1v) is 9.25. The van der Waals surface area contributed by atoms with Crippen molar-refractivity contribution in [3.63, 3.8) is 0 Å². The van der Waals surface area contributed by atoms with Gasteiger partial charge in [-0.15, -0.1) is 0 Å². The van der Waals surface area contributed by atoms with Gasteiger partial charge in [-0.25, -0.2) is 0 Å². The molecule has 1 aromatic heterocycles. The van der Waals surface area contributed by atoms with Gasteiger partial charge in [0, 0.05) is 58.6 Å². The molecule has 0 aliphatic heterocycles. The van der Waals surface area contributed by atoms with Crippen LogP contribution in [0.2, 0.25) is 0 Å². The van der Waals surface area contributed by atoms with Crippen molar-refractivity contribution in [2.45, 2.75) is 26.3 Å². The van der Waals surface area contributed by atoms with E-state index >= 15 is 0 Å². The molecule has 0 bridgehead atoms. The Balaban J connectivity index is 1.90. The second-order valence-corrected chi connectivity index (χ2v) is 6.90. The predicted octanol–water partition coefficient (Wildman–Crippen LogP) is 2.57. The fourth-order valence-corrected chi connectivity index (χ4v) is 3.03. The number of nitro benzene ring substituents is 1. The zero-order valence-electron chi connectivity index (χ0n) is 17.1. The molecule has 2 aromatic rings. The van der Waals surface area contributed by atoms with Crippen LogP contribution in [0.4, 0.5) is 11.4 Å². The number of nitro groups is 1. The van der Waals surface area contributed by atoms with Crippen LogP contribution >= 0.6 is 0 Å². The summed E-state index contributed by atoms with van der Waals surface area (Å²) in [7, 11) is 5.64. The second kappa shape index (κ2) is 9.72. The van der Waals surface area contributed by atoms with E-state index in [0.717, 1.165) is 11.7 Å². The molecule has 0 aliphatic carbocycles. The number of nitrogens with one attached hydrogen (secondary N) is 2. The number of nitrogens with zero attached hydrogens (tertiary/aromatic N) is 5. The number of benzene rings is 1. The SMILES string of the molecule is CN=C(NCCNc1ccccc1[N+](=O)[O-])N(C)Cc1cn(C)nc1C(C)C. The number of rotatable bonds is 8. The van der Waals surface area contributed by atoms with Gasteiger partial charge < -0.3 is 15.5 Å². The minimum absolute atomic E-state index is 0.0711. The van der Waals surface area contributed by atoms with Gasteiger partial charge in [0.2, 0.25) is 0 Å². The highest BCUT2D eigenvalue weighted by molar-refractivity contribution is 5.79. The molecule has 0 radical (unpaired) electrons. The molecular formula is C19H29N7O2. The Labute approximate surface area is 165 Å². The van der Waals surface area contributed by atoms with Crippen molar-refractivity contribution < 1.29 is 4.92 Å². The third kappa shape index (κ3) is 5.45. The molecule has 0 saturated carbocycles. The summed E-state index contributed by atoms with van der Waals surface area (Å²) >= 11 is 0. The average Bonchev–Trinajstić information content (AvgIpc) is 3.02. The Hall–Kier alpha value is -3.10. The molecule has 0 amide bonds. The maximum Gasteiger partial charge on any atom is 0.292 e. The van der Waals surface area contributed by atoms with Crippen LogP contribution < -0.4 is 10.6 Å². The summed E-state index contributed by atoms with van der Waals surface area (Å²) in [6.45, 7) is 6.06. The van der Waals surface area contributed by atoms with Crippen LogP contribution in [0.15, 0.2) is 35.5 Å². The molecule has 0 aliphatic rings. The first kappa shape index (κ1) is 21.2. The molecule has 152 valence electrons. The maximum atomic E-state index is 11.1. The van der Waals surface area contributed by atoms with Crippen LogP contribution in [-0.4, -0.2) is 52.7 Å². The lowest BCUT2D eigenvalue weighted by molar-refractivity contribution is -0.384. The first-order valence-electron chi connectivity index (χ1n) is 9.25. The highest BCUT2D eigenvalue weighted by atomic mass is 16.6. The Kier molecular flexibility index (Phi) is 7.36. The topological polar surface area (TPSA) is 101 Å². The zero-order valence-corrected chi connectivity index (χ0v) is 17.1. The summed E-state index contributed by atoms with van der Waals surface area (Å²) in [5.74, 6) is 1.10. The number of aromatic nitrogens is 2. The van der Waals surface area contributed by atoms with E-state index in [9.17, 15) is 10.1 Å². The predicted molar refractivity (Wildman–Crippen MR) is 112 cm³/mol. The molecule has 0 fully saturated rings. The van der Waals surface area contributed by atoms with Crippen molar-refractivity contribution in [2.75, 3.05) is 32.5 Å². The van der Waals surface area contributed by atoms with Crippen molar-refractivity contribution in [3.05, 3.63) is 51.8 Å². The van der Waals surface area contributed by atoms with Crippen LogP contribution in [0.1, 0.15) is 31.0 Å². The van der Waals surface area contributed by atoms with Crippen LogP contribution in [0, 0.1) is 10.1 Å². The largest absolute Gasteiger partial charge is 0.378 e. The smallest absolute Gasteiger partial charge is 0.292 e. The van der Waals surface area contributed by atoms with Gasteiger partial charge in [-0.3, -0.25) is 19.8 Å². The standard InChI is InChI=1S/C19H29N7O2/c1-14(2)18-15(13-25(5)23-18)12-24(4)19(20-3)22-11-10-21-16-8-6-7-9-17(16)26(27)28/h6-9,13-14,21H,10-12H2,1-5H3,(H,20,22). The normalized spacial score (nSPS) is 11.6. The molecule has 0 atom stereocenters. The number of para-hydroxylation sites is 2. The van der Waals surface area contributed by atoms with Crippen molar-refractivity contribution in [3.8, 4) is 0 Å². The molecule has 0 spiro atoms. The van der Waals surface area contributed by atoms with E-state index in [1.54, 1.807) is 25.2 Å². The Morgan fingerprint density at radius 1 is 1.36 bits per heavy atom. The van der Waals surface area contributed by atoms with E-state index in [1.807, 2.05) is 29.9 Å². The van der Waals surface area contributed by atoms with E-state index in [2.05, 4.69) is 34.6 Å². The minimum atomic E-state index is -0.386. The molecule has 0 unspecified atom stereocenters. The quantitative estimate of drug-likeness (QED) is 0.237. The maximum absolute atomic E-state index is 11.1. The molecule has 1 heterocycles. The Bertz CT molecular complexity index is 829. The molecule has 9 heteroatoms. The van der Waals surface area contributed by atoms with Crippen molar-refractivity contribution >= 4 is 17.3 Å². The Morgan fingerprint density at radius 3 is 2.71 bits per heavy atom. The summed E-state index contributed by atoms with van der Waals surface area (Å²) < 4.78 is 1.84. The number of anilines is 1. The second-order valence-electron chi connectivity index (χ2n) is 6.90. The highest BCUT2D eigenvalue weighted by Crippen LogP contribution is 2.22. The first-order chi connectivity index (χ1) is 13.3. The number of aliphatic imine (C=N–C) groups is 1. The minimum Gasteiger partial charge on any atom is -0.378 e. The van der Waals surface area contributed by atoms with Crippen molar-refractivity contribution in [2.24, 2.45) is 12.0 Å². The van der Waals surface area contributed by atoms with Gasteiger partial charge in [-0.05, 0) is 12.0 Å². The van der Waals surface area contributed by atoms with Gasteiger partial charge in [-0.2, -0.15) is 5.10 Å². The van der Waals surface area contributed by atoms with E-state index in [-0.39, 0.29) is 10.6 Å². The van der Waals surface area contributed by atoms with Crippen LogP contribution in [0.25, 0.3) is 0 Å². The monoisotopic (exact) mass is 387 g/mol. The third-order valence-electron chi connectivity index (χ3n) is 4.29. The number of hydrogen-bond donors (Lipinski definition) is 2. The van der Waals surface area contributed by atoms with Crippen LogP contribution in [-0.2, 0) is 13.6 Å². The van der Waals surface area contributed by atoms with E-state index < -0.39 is 0 Å². The summed E-state index contributed by atoms with van der Waals surface area (Å²) in [5.41, 5.74) is 2.83. The van der Waals surface area contributed by atoms with Crippen molar-refractivity contribution in [1.82, 2.24) is 20.0 Å². The average molecular weight is 387 g/mol. The molecular weight excluding hydrogens is 358 g/mol. The number of hydrogen-bond acceptors (Lipinski definition) is 5. The van der Waals surface area contributed by atoms with Gasteiger partial charge in [0.15, 0.2) is 5.96 Å². The van der Waals surface area contributed by atoms with Crippen LogP contribution in [0.3, 0.4) is 0 Å². The number of aryl methyl sites for hydroxylation is 1. The molecule has 2 N–H and O–H groups in total. The van der Waals surface area contributed by atoms with Crippen LogP contribution in [0.5, 0.6) is 0 Å². The van der Waals surface area contributed by atoms with Gasteiger partial charge in [0.05, 0.1) is 10.6 Å². The summed E-state index contributed by atoms with van der Waals surface area (Å²) in [4.78, 5) is 17.0. The van der Waals surface area contributed by atoms with Gasteiger partial charge in [0.1, 0.15) is 5.69 Å². The molecule has 2 rings (SSSR count). The van der Waals surface area contributed by atoms with E-state index in [4.69, 9.17) is 0 Å². The van der Waals surface area contributed by atoms with E-state index in [0.29, 0.717) is 31.2 Å². The lowest BCUT2D eigenvalue weighted by Crippen LogP contribution is -2.40. The molecule has 0 saturated heterocycles. The van der Waals surface area contributed by atoms with Gasteiger partial charge >= 0.3 is 0 Å². The fourth-order valence-electron chi connectivity index (χ4n) is 3.03. The lowest BCUT2D eigenvalue weighted by atomic mass is 10.1. The van der Waals surface area contributed by atoms with E-state index in [1.165, 1.54) is 11.6 Å². The van der Waals surface area contributed by atoms with Crippen molar-refractivity contribution in [1.29, 1.82) is 0 Å².